The number of halogens is 2. The van der Waals surface area contributed by atoms with E-state index in [1.807, 2.05) is 41.3 Å². The average Bonchev–Trinajstić information content (AvgIpc) is 2.88. The normalized spacial score (nSPS) is 13.5. The van der Waals surface area contributed by atoms with Gasteiger partial charge in [-0.3, -0.25) is 9.59 Å². The Morgan fingerprint density at radius 3 is 2.29 bits per heavy atom. The number of carbonyl (C=O) groups excluding carboxylic acids is 2. The lowest BCUT2D eigenvalue weighted by molar-refractivity contribution is 0.0746. The van der Waals surface area contributed by atoms with Crippen LogP contribution in [-0.4, -0.2) is 49.5 Å². The molecule has 1 saturated heterocycles. The minimum atomic E-state index is -0.295. The summed E-state index contributed by atoms with van der Waals surface area (Å²) in [6.45, 7) is 5.22. The molecule has 8 heteroatoms. The summed E-state index contributed by atoms with van der Waals surface area (Å²) in [5.74, 6) is 0.487. The molecule has 1 heterocycles. The molecule has 0 saturated carbocycles. The maximum atomic E-state index is 12.9. The third kappa shape index (κ3) is 6.08. The number of hydrogen-bond donors (Lipinski definition) is 1. The number of rotatable bonds is 7. The number of carbonyl (C=O) groups is 2. The second kappa shape index (κ2) is 11.5. The molecule has 0 atom stereocenters. The van der Waals surface area contributed by atoms with Gasteiger partial charge in [0.05, 0.1) is 27.9 Å². The van der Waals surface area contributed by atoms with Crippen LogP contribution < -0.4 is 15.0 Å². The van der Waals surface area contributed by atoms with Crippen LogP contribution in [0.1, 0.15) is 34.1 Å². The lowest BCUT2D eigenvalue weighted by Crippen LogP contribution is -2.48. The Morgan fingerprint density at radius 1 is 0.914 bits per heavy atom. The van der Waals surface area contributed by atoms with Crippen molar-refractivity contribution in [2.24, 2.45) is 0 Å². The van der Waals surface area contributed by atoms with Crippen LogP contribution in [0.4, 0.5) is 11.4 Å². The summed E-state index contributed by atoms with van der Waals surface area (Å²) in [4.78, 5) is 29.4. The molecule has 0 aromatic heterocycles. The molecular formula is C27H27Cl2N3O3. The standard InChI is InChI=1S/C27H27Cl2N3O3/c1-2-17-35-21-10-7-19(8-11-21)27(34)32-15-13-31(14-16-32)25-12-9-20(18-24(25)29)30-26(33)22-5-3-4-6-23(22)28/h3-12,18H,2,13-17H2,1H3,(H,30,33). The number of nitrogens with one attached hydrogen (secondary N) is 1. The first kappa shape index (κ1) is 24.9. The Kier molecular flexibility index (Phi) is 8.16. The van der Waals surface area contributed by atoms with Crippen molar-refractivity contribution in [2.75, 3.05) is 43.0 Å². The van der Waals surface area contributed by atoms with Gasteiger partial charge in [-0.2, -0.15) is 0 Å². The smallest absolute Gasteiger partial charge is 0.257 e. The van der Waals surface area contributed by atoms with E-state index >= 15 is 0 Å². The molecule has 0 spiro atoms. The number of anilines is 2. The Labute approximate surface area is 215 Å². The summed E-state index contributed by atoms with van der Waals surface area (Å²) >= 11 is 12.7. The van der Waals surface area contributed by atoms with Gasteiger partial charge in [0, 0.05) is 37.4 Å². The predicted molar refractivity (Wildman–Crippen MR) is 141 cm³/mol. The van der Waals surface area contributed by atoms with Gasteiger partial charge in [-0.05, 0) is 61.0 Å². The first-order valence-electron chi connectivity index (χ1n) is 11.6. The van der Waals surface area contributed by atoms with Crippen molar-refractivity contribution >= 4 is 46.4 Å². The van der Waals surface area contributed by atoms with Crippen molar-refractivity contribution in [2.45, 2.75) is 13.3 Å². The molecule has 4 rings (SSSR count). The van der Waals surface area contributed by atoms with E-state index in [1.54, 1.807) is 30.3 Å². The van der Waals surface area contributed by atoms with Crippen LogP contribution >= 0.6 is 23.2 Å². The highest BCUT2D eigenvalue weighted by molar-refractivity contribution is 6.35. The number of amides is 2. The minimum Gasteiger partial charge on any atom is -0.494 e. The topological polar surface area (TPSA) is 61.9 Å². The molecule has 0 aliphatic carbocycles. The highest BCUT2D eigenvalue weighted by atomic mass is 35.5. The molecular weight excluding hydrogens is 485 g/mol. The van der Waals surface area contributed by atoms with Crippen LogP contribution in [-0.2, 0) is 0 Å². The fourth-order valence-electron chi connectivity index (χ4n) is 3.93. The summed E-state index contributed by atoms with van der Waals surface area (Å²) in [7, 11) is 0. The third-order valence-electron chi connectivity index (χ3n) is 5.81. The number of benzene rings is 3. The molecule has 1 aliphatic heterocycles. The van der Waals surface area contributed by atoms with E-state index < -0.39 is 0 Å². The molecule has 3 aromatic rings. The van der Waals surface area contributed by atoms with E-state index in [0.29, 0.717) is 59.6 Å². The van der Waals surface area contributed by atoms with Crippen LogP contribution in [0.5, 0.6) is 5.75 Å². The van der Waals surface area contributed by atoms with Gasteiger partial charge in [0.2, 0.25) is 0 Å². The Balaban J connectivity index is 1.34. The highest BCUT2D eigenvalue weighted by Crippen LogP contribution is 2.30. The Morgan fingerprint density at radius 2 is 1.63 bits per heavy atom. The number of hydrogen-bond acceptors (Lipinski definition) is 4. The minimum absolute atomic E-state index is 0.00965. The monoisotopic (exact) mass is 511 g/mol. The first-order chi connectivity index (χ1) is 17.0. The molecule has 1 N–H and O–H groups in total. The Bertz CT molecular complexity index is 1190. The zero-order valence-electron chi connectivity index (χ0n) is 19.5. The molecule has 1 fully saturated rings. The van der Waals surface area contributed by atoms with Gasteiger partial charge in [-0.1, -0.05) is 42.3 Å². The van der Waals surface area contributed by atoms with E-state index in [1.165, 1.54) is 0 Å². The molecule has 182 valence electrons. The van der Waals surface area contributed by atoms with E-state index in [0.717, 1.165) is 17.9 Å². The van der Waals surface area contributed by atoms with E-state index in [9.17, 15) is 9.59 Å². The first-order valence-corrected chi connectivity index (χ1v) is 12.3. The molecule has 3 aromatic carbocycles. The molecule has 6 nitrogen and oxygen atoms in total. The van der Waals surface area contributed by atoms with E-state index in [2.05, 4.69) is 17.1 Å². The van der Waals surface area contributed by atoms with Crippen molar-refractivity contribution in [3.63, 3.8) is 0 Å². The van der Waals surface area contributed by atoms with Crippen LogP contribution in [0.25, 0.3) is 0 Å². The molecule has 1 aliphatic rings. The summed E-state index contributed by atoms with van der Waals surface area (Å²) in [5, 5.41) is 3.76. The summed E-state index contributed by atoms with van der Waals surface area (Å²) in [6, 6.07) is 19.6. The van der Waals surface area contributed by atoms with E-state index in [-0.39, 0.29) is 11.8 Å². The van der Waals surface area contributed by atoms with Crippen LogP contribution in [0, 0.1) is 0 Å². The summed E-state index contributed by atoms with van der Waals surface area (Å²) in [6.07, 6.45) is 0.939. The average molecular weight is 512 g/mol. The molecule has 0 unspecified atom stereocenters. The van der Waals surface area contributed by atoms with Crippen LogP contribution in [0.3, 0.4) is 0 Å². The van der Waals surface area contributed by atoms with Crippen molar-refractivity contribution in [3.05, 3.63) is 87.9 Å². The zero-order chi connectivity index (χ0) is 24.8. The Hall–Kier alpha value is -3.22. The lowest BCUT2D eigenvalue weighted by atomic mass is 10.1. The van der Waals surface area contributed by atoms with Gasteiger partial charge >= 0.3 is 0 Å². The van der Waals surface area contributed by atoms with Crippen molar-refractivity contribution in [1.29, 1.82) is 0 Å². The fraction of sp³-hybridized carbons (Fsp3) is 0.259. The van der Waals surface area contributed by atoms with Gasteiger partial charge in [-0.25, -0.2) is 0 Å². The zero-order valence-corrected chi connectivity index (χ0v) is 21.0. The van der Waals surface area contributed by atoms with Gasteiger partial charge in [0.1, 0.15) is 5.75 Å². The fourth-order valence-corrected chi connectivity index (χ4v) is 4.45. The SMILES string of the molecule is CCCOc1ccc(C(=O)N2CCN(c3ccc(NC(=O)c4ccccc4Cl)cc3Cl)CC2)cc1. The maximum Gasteiger partial charge on any atom is 0.257 e. The molecule has 0 radical (unpaired) electrons. The number of ether oxygens (including phenoxy) is 1. The number of piperazine rings is 1. The molecule has 35 heavy (non-hydrogen) atoms. The quantitative estimate of drug-likeness (QED) is 0.422. The third-order valence-corrected chi connectivity index (χ3v) is 6.44. The van der Waals surface area contributed by atoms with Gasteiger partial charge in [0.25, 0.3) is 11.8 Å². The predicted octanol–water partition coefficient (Wildman–Crippen LogP) is 6.00. The molecule has 2 amide bonds. The summed E-state index contributed by atoms with van der Waals surface area (Å²) < 4.78 is 5.59. The summed E-state index contributed by atoms with van der Waals surface area (Å²) in [5.41, 5.74) is 2.51. The lowest BCUT2D eigenvalue weighted by Gasteiger charge is -2.36. The van der Waals surface area contributed by atoms with Gasteiger partial charge in [-0.15, -0.1) is 0 Å². The van der Waals surface area contributed by atoms with Crippen molar-refractivity contribution in [3.8, 4) is 5.75 Å². The van der Waals surface area contributed by atoms with Crippen molar-refractivity contribution < 1.29 is 14.3 Å². The number of nitrogens with zero attached hydrogens (tertiary/aromatic N) is 2. The largest absolute Gasteiger partial charge is 0.494 e. The van der Waals surface area contributed by atoms with Crippen LogP contribution in [0.15, 0.2) is 66.7 Å². The van der Waals surface area contributed by atoms with Crippen molar-refractivity contribution in [1.82, 2.24) is 4.90 Å². The van der Waals surface area contributed by atoms with E-state index in [4.69, 9.17) is 27.9 Å². The van der Waals surface area contributed by atoms with Gasteiger partial charge < -0.3 is 19.9 Å². The maximum absolute atomic E-state index is 12.9. The second-order valence-electron chi connectivity index (χ2n) is 8.25. The highest BCUT2D eigenvalue weighted by Gasteiger charge is 2.23. The second-order valence-corrected chi connectivity index (χ2v) is 9.07. The van der Waals surface area contributed by atoms with Crippen LogP contribution in [0.2, 0.25) is 10.0 Å². The molecule has 0 bridgehead atoms. The van der Waals surface area contributed by atoms with Gasteiger partial charge in [0.15, 0.2) is 0 Å².